The quantitative estimate of drug-likeness (QED) is 0.720. The Morgan fingerprint density at radius 2 is 1.90 bits per heavy atom. The molecule has 0 aliphatic carbocycles. The van der Waals surface area contributed by atoms with E-state index in [1.54, 1.807) is 13.0 Å². The molecule has 0 radical (unpaired) electrons. The minimum Gasteiger partial charge on any atom is -0.496 e. The molecule has 1 N–H and O–H groups in total. The van der Waals surface area contributed by atoms with E-state index in [0.29, 0.717) is 30.2 Å². The van der Waals surface area contributed by atoms with Crippen LogP contribution >= 0.6 is 0 Å². The molecule has 0 saturated carbocycles. The second-order valence-electron chi connectivity index (χ2n) is 7.05. The number of nitrogens with zero attached hydrogens (tertiary/aromatic N) is 1. The minimum atomic E-state index is -3.86. The molecular weight excluding hydrogens is 421 g/mol. The Hall–Kier alpha value is -2.59. The molecule has 1 saturated heterocycles. The third-order valence-corrected chi connectivity index (χ3v) is 6.91. The average Bonchev–Trinajstić information content (AvgIpc) is 2.74. The normalized spacial score (nSPS) is 17.6. The standard InChI is InChI=1S/C20H21F3N2O4S/c1-12-10-14(5-8-17(12)29-2)30(27,28)25-9-3-4-13(11-25)20(26)24-16-7-6-15(21)18(22)19(16)23/h5-8,10,13H,3-4,9,11H2,1-2H3,(H,24,26). The molecule has 162 valence electrons. The van der Waals surface area contributed by atoms with Gasteiger partial charge in [-0.1, -0.05) is 0 Å². The number of hydrogen-bond acceptors (Lipinski definition) is 4. The number of aryl methyl sites for hydroxylation is 1. The lowest BCUT2D eigenvalue weighted by atomic mass is 9.98. The largest absolute Gasteiger partial charge is 0.496 e. The lowest BCUT2D eigenvalue weighted by Gasteiger charge is -2.31. The van der Waals surface area contributed by atoms with Crippen molar-refractivity contribution in [1.29, 1.82) is 0 Å². The van der Waals surface area contributed by atoms with Crippen LogP contribution in [0.3, 0.4) is 0 Å². The Morgan fingerprint density at radius 1 is 1.17 bits per heavy atom. The zero-order chi connectivity index (χ0) is 22.1. The third-order valence-electron chi connectivity index (χ3n) is 5.05. The molecule has 0 spiro atoms. The molecule has 1 heterocycles. The first-order chi connectivity index (χ1) is 14.1. The molecule has 1 unspecified atom stereocenters. The molecule has 2 aromatic rings. The fraction of sp³-hybridized carbons (Fsp3) is 0.350. The van der Waals surface area contributed by atoms with Gasteiger partial charge in [-0.15, -0.1) is 0 Å². The Bertz CT molecular complexity index is 1080. The number of hydrogen-bond donors (Lipinski definition) is 1. The predicted octanol–water partition coefficient (Wildman–Crippen LogP) is 3.46. The van der Waals surface area contributed by atoms with Gasteiger partial charge in [0.1, 0.15) is 5.75 Å². The highest BCUT2D eigenvalue weighted by Crippen LogP contribution is 2.28. The summed E-state index contributed by atoms with van der Waals surface area (Å²) in [4.78, 5) is 12.6. The highest BCUT2D eigenvalue weighted by molar-refractivity contribution is 7.89. The van der Waals surface area contributed by atoms with Gasteiger partial charge in [-0.3, -0.25) is 4.79 Å². The fourth-order valence-corrected chi connectivity index (χ4v) is 5.00. The monoisotopic (exact) mass is 442 g/mol. The predicted molar refractivity (Wildman–Crippen MR) is 104 cm³/mol. The number of nitrogens with one attached hydrogen (secondary N) is 1. The van der Waals surface area contributed by atoms with Crippen LogP contribution in [0, 0.1) is 30.3 Å². The van der Waals surface area contributed by atoms with Crippen LogP contribution in [0.15, 0.2) is 35.2 Å². The number of benzene rings is 2. The molecule has 1 aliphatic heterocycles. The van der Waals surface area contributed by atoms with E-state index in [9.17, 15) is 26.4 Å². The second kappa shape index (κ2) is 8.65. The summed E-state index contributed by atoms with van der Waals surface area (Å²) in [7, 11) is -2.37. The summed E-state index contributed by atoms with van der Waals surface area (Å²) in [5, 5.41) is 2.23. The molecule has 0 aromatic heterocycles. The van der Waals surface area contributed by atoms with Crippen molar-refractivity contribution in [3.63, 3.8) is 0 Å². The molecule has 30 heavy (non-hydrogen) atoms. The number of carbonyl (C=O) groups excluding carboxylic acids is 1. The summed E-state index contributed by atoms with van der Waals surface area (Å²) in [5.41, 5.74) is 0.156. The zero-order valence-corrected chi connectivity index (χ0v) is 17.2. The fourth-order valence-electron chi connectivity index (χ4n) is 3.39. The molecule has 1 fully saturated rings. The van der Waals surface area contributed by atoms with E-state index < -0.39 is 45.0 Å². The van der Waals surface area contributed by atoms with Crippen molar-refractivity contribution in [2.75, 3.05) is 25.5 Å². The van der Waals surface area contributed by atoms with Crippen LogP contribution in [-0.4, -0.2) is 38.8 Å². The van der Waals surface area contributed by atoms with Crippen molar-refractivity contribution >= 4 is 21.6 Å². The summed E-state index contributed by atoms with van der Waals surface area (Å²) in [6.07, 6.45) is 0.803. The Balaban J connectivity index is 1.77. The number of amides is 1. The maximum absolute atomic E-state index is 13.8. The average molecular weight is 442 g/mol. The van der Waals surface area contributed by atoms with E-state index in [0.717, 1.165) is 6.07 Å². The van der Waals surface area contributed by atoms with E-state index in [1.807, 2.05) is 0 Å². The van der Waals surface area contributed by atoms with Gasteiger partial charge in [-0.2, -0.15) is 4.31 Å². The van der Waals surface area contributed by atoms with Crippen LogP contribution in [0.4, 0.5) is 18.9 Å². The Morgan fingerprint density at radius 3 is 2.57 bits per heavy atom. The number of sulfonamides is 1. The van der Waals surface area contributed by atoms with Gasteiger partial charge in [-0.05, 0) is 55.7 Å². The van der Waals surface area contributed by atoms with Crippen molar-refractivity contribution in [1.82, 2.24) is 4.31 Å². The van der Waals surface area contributed by atoms with Crippen LogP contribution in [0.1, 0.15) is 18.4 Å². The number of methoxy groups -OCH3 is 1. The SMILES string of the molecule is COc1ccc(S(=O)(=O)N2CCCC(C(=O)Nc3ccc(F)c(F)c3F)C2)cc1C. The molecule has 6 nitrogen and oxygen atoms in total. The Kier molecular flexibility index (Phi) is 6.37. The first kappa shape index (κ1) is 22.1. The summed E-state index contributed by atoms with van der Waals surface area (Å²) >= 11 is 0. The van der Waals surface area contributed by atoms with Crippen LogP contribution in [-0.2, 0) is 14.8 Å². The van der Waals surface area contributed by atoms with Crippen LogP contribution in [0.25, 0.3) is 0 Å². The number of ether oxygens (including phenoxy) is 1. The summed E-state index contributed by atoms with van der Waals surface area (Å²) < 4.78 is 72.6. The Labute approximate surface area is 172 Å². The molecule has 1 aliphatic rings. The van der Waals surface area contributed by atoms with Crippen LogP contribution < -0.4 is 10.1 Å². The van der Waals surface area contributed by atoms with E-state index >= 15 is 0 Å². The maximum atomic E-state index is 13.8. The van der Waals surface area contributed by atoms with Gasteiger partial charge in [0.15, 0.2) is 17.5 Å². The first-order valence-electron chi connectivity index (χ1n) is 9.24. The van der Waals surface area contributed by atoms with E-state index in [1.165, 1.54) is 23.5 Å². The highest BCUT2D eigenvalue weighted by atomic mass is 32.2. The number of rotatable bonds is 5. The van der Waals surface area contributed by atoms with Crippen molar-refractivity contribution in [2.24, 2.45) is 5.92 Å². The van der Waals surface area contributed by atoms with E-state index in [-0.39, 0.29) is 18.0 Å². The van der Waals surface area contributed by atoms with Gasteiger partial charge < -0.3 is 10.1 Å². The van der Waals surface area contributed by atoms with Crippen molar-refractivity contribution in [3.8, 4) is 5.75 Å². The van der Waals surface area contributed by atoms with E-state index in [4.69, 9.17) is 4.74 Å². The maximum Gasteiger partial charge on any atom is 0.243 e. The lowest BCUT2D eigenvalue weighted by Crippen LogP contribution is -2.43. The summed E-state index contributed by atoms with van der Waals surface area (Å²) in [6, 6.07) is 6.11. The lowest BCUT2D eigenvalue weighted by molar-refractivity contribution is -0.120. The molecule has 2 aromatic carbocycles. The van der Waals surface area contributed by atoms with Crippen LogP contribution in [0.5, 0.6) is 5.75 Å². The topological polar surface area (TPSA) is 75.7 Å². The number of anilines is 1. The third kappa shape index (κ3) is 4.29. The molecule has 1 amide bonds. The van der Waals surface area contributed by atoms with E-state index in [2.05, 4.69) is 5.32 Å². The number of piperidine rings is 1. The summed E-state index contributed by atoms with van der Waals surface area (Å²) in [6.45, 7) is 1.85. The molecule has 1 atom stereocenters. The smallest absolute Gasteiger partial charge is 0.243 e. The number of carbonyl (C=O) groups is 1. The first-order valence-corrected chi connectivity index (χ1v) is 10.7. The molecule has 3 rings (SSSR count). The number of halogens is 3. The van der Waals surface area contributed by atoms with Gasteiger partial charge in [0.2, 0.25) is 15.9 Å². The molecule has 0 bridgehead atoms. The van der Waals surface area contributed by atoms with Crippen LogP contribution in [0.2, 0.25) is 0 Å². The van der Waals surface area contributed by atoms with Gasteiger partial charge in [0, 0.05) is 13.1 Å². The van der Waals surface area contributed by atoms with Gasteiger partial charge >= 0.3 is 0 Å². The minimum absolute atomic E-state index is 0.0773. The van der Waals surface area contributed by atoms with Gasteiger partial charge in [0.05, 0.1) is 23.6 Å². The van der Waals surface area contributed by atoms with Gasteiger partial charge in [0.25, 0.3) is 0 Å². The summed E-state index contributed by atoms with van der Waals surface area (Å²) in [5.74, 6) is -5.42. The van der Waals surface area contributed by atoms with Crippen molar-refractivity contribution < 1.29 is 31.1 Å². The molecular formula is C20H21F3N2O4S. The zero-order valence-electron chi connectivity index (χ0n) is 16.4. The molecule has 10 heteroatoms. The highest BCUT2D eigenvalue weighted by Gasteiger charge is 2.34. The van der Waals surface area contributed by atoms with Crippen molar-refractivity contribution in [2.45, 2.75) is 24.7 Å². The van der Waals surface area contributed by atoms with Crippen molar-refractivity contribution in [3.05, 3.63) is 53.3 Å². The van der Waals surface area contributed by atoms with Gasteiger partial charge in [-0.25, -0.2) is 21.6 Å². The second-order valence-corrected chi connectivity index (χ2v) is 8.98.